The van der Waals surface area contributed by atoms with Crippen LogP contribution >= 0.6 is 22.7 Å². The standard InChI is InChI=1S/C51H30N4S2/c1-3-13-31(14-4-1)49-52-50(54-51(53-49)40-21-12-24-45-47(40)39-18-8-10-23-43(39)56-45)33-25-27-37-41-29-32(26-28-44(41)57-46(37)30-33)35-19-11-20-38-36-17-7-9-22-42(36)55(48(35)38)34-15-5-2-6-16-34/h1-30H. The van der Waals surface area contributed by atoms with Crippen LogP contribution in [0.4, 0.5) is 0 Å². The van der Waals surface area contributed by atoms with Crippen molar-refractivity contribution in [3.05, 3.63) is 182 Å². The molecule has 8 aromatic carbocycles. The van der Waals surface area contributed by atoms with Crippen LogP contribution in [0, 0.1) is 0 Å². The molecular formula is C51H30N4S2. The van der Waals surface area contributed by atoms with Gasteiger partial charge in [0.05, 0.1) is 11.0 Å². The minimum Gasteiger partial charge on any atom is -0.309 e. The molecule has 0 N–H and O–H groups in total. The zero-order valence-corrected chi connectivity index (χ0v) is 32.1. The lowest BCUT2D eigenvalue weighted by atomic mass is 9.99. The molecule has 0 saturated carbocycles. The lowest BCUT2D eigenvalue weighted by Crippen LogP contribution is -2.00. The number of hydrogen-bond donors (Lipinski definition) is 0. The fourth-order valence-electron chi connectivity index (χ4n) is 8.48. The average Bonchev–Trinajstić information content (AvgIpc) is 3.96. The smallest absolute Gasteiger partial charge is 0.164 e. The van der Waals surface area contributed by atoms with Crippen molar-refractivity contribution in [3.63, 3.8) is 0 Å². The molecule has 0 radical (unpaired) electrons. The van der Waals surface area contributed by atoms with Crippen molar-refractivity contribution in [2.75, 3.05) is 0 Å². The molecular weight excluding hydrogens is 733 g/mol. The van der Waals surface area contributed by atoms with Crippen LogP contribution in [0.1, 0.15) is 0 Å². The number of fused-ring (bicyclic) bond motifs is 9. The molecule has 0 spiro atoms. The van der Waals surface area contributed by atoms with Crippen molar-refractivity contribution < 1.29 is 0 Å². The molecule has 4 nitrogen and oxygen atoms in total. The molecule has 0 atom stereocenters. The van der Waals surface area contributed by atoms with E-state index < -0.39 is 0 Å². The second-order valence-electron chi connectivity index (χ2n) is 14.4. The lowest BCUT2D eigenvalue weighted by molar-refractivity contribution is 1.08. The highest BCUT2D eigenvalue weighted by atomic mass is 32.1. The zero-order valence-electron chi connectivity index (χ0n) is 30.4. The first kappa shape index (κ1) is 32.3. The first-order chi connectivity index (χ1) is 28.2. The number of hydrogen-bond acceptors (Lipinski definition) is 5. The fraction of sp³-hybridized carbons (Fsp3) is 0. The van der Waals surface area contributed by atoms with Crippen molar-refractivity contribution in [2.24, 2.45) is 0 Å². The molecule has 57 heavy (non-hydrogen) atoms. The van der Waals surface area contributed by atoms with Gasteiger partial charge in [-0.2, -0.15) is 0 Å². The van der Waals surface area contributed by atoms with Crippen LogP contribution < -0.4 is 0 Å². The monoisotopic (exact) mass is 762 g/mol. The van der Waals surface area contributed by atoms with Crippen molar-refractivity contribution in [3.8, 4) is 51.0 Å². The third kappa shape index (κ3) is 5.15. The van der Waals surface area contributed by atoms with Gasteiger partial charge in [0, 0.05) is 79.1 Å². The Hall–Kier alpha value is -6.99. The minimum absolute atomic E-state index is 0.662. The van der Waals surface area contributed by atoms with E-state index in [-0.39, 0.29) is 0 Å². The molecule has 0 fully saturated rings. The minimum atomic E-state index is 0.662. The molecule has 266 valence electrons. The summed E-state index contributed by atoms with van der Waals surface area (Å²) in [6.45, 7) is 0. The predicted octanol–water partition coefficient (Wildman–Crippen LogP) is 14.4. The van der Waals surface area contributed by atoms with Crippen LogP contribution in [-0.4, -0.2) is 19.5 Å². The van der Waals surface area contributed by atoms with E-state index in [4.69, 9.17) is 15.0 Å². The first-order valence-corrected chi connectivity index (χ1v) is 20.7. The Morgan fingerprint density at radius 2 is 0.982 bits per heavy atom. The average molecular weight is 763 g/mol. The van der Waals surface area contributed by atoms with E-state index in [0.717, 1.165) is 22.4 Å². The van der Waals surface area contributed by atoms with Gasteiger partial charge in [0.25, 0.3) is 0 Å². The summed E-state index contributed by atoms with van der Waals surface area (Å²) in [6, 6.07) is 65.0. The highest BCUT2D eigenvalue weighted by Crippen LogP contribution is 2.43. The summed E-state index contributed by atoms with van der Waals surface area (Å²) in [5, 5.41) is 7.39. The highest BCUT2D eigenvalue weighted by molar-refractivity contribution is 7.26. The van der Waals surface area contributed by atoms with Crippen LogP contribution in [0.2, 0.25) is 0 Å². The Bertz CT molecular complexity index is 3530. The maximum atomic E-state index is 5.22. The van der Waals surface area contributed by atoms with E-state index in [1.54, 1.807) is 11.3 Å². The Morgan fingerprint density at radius 3 is 1.86 bits per heavy atom. The summed E-state index contributed by atoms with van der Waals surface area (Å²) in [4.78, 5) is 15.4. The predicted molar refractivity (Wildman–Crippen MR) is 242 cm³/mol. The van der Waals surface area contributed by atoms with Crippen molar-refractivity contribution in [2.45, 2.75) is 0 Å². The highest BCUT2D eigenvalue weighted by Gasteiger charge is 2.19. The van der Waals surface area contributed by atoms with Gasteiger partial charge in [0.2, 0.25) is 0 Å². The quantitative estimate of drug-likeness (QED) is 0.175. The van der Waals surface area contributed by atoms with Gasteiger partial charge < -0.3 is 4.57 Å². The molecule has 0 aliphatic rings. The first-order valence-electron chi connectivity index (χ1n) is 19.0. The van der Waals surface area contributed by atoms with Crippen LogP contribution in [0.5, 0.6) is 0 Å². The normalized spacial score (nSPS) is 11.9. The number of rotatable bonds is 5. The third-order valence-electron chi connectivity index (χ3n) is 11.1. The Balaban J connectivity index is 1.02. The summed E-state index contributed by atoms with van der Waals surface area (Å²) in [5.41, 5.74) is 8.93. The summed E-state index contributed by atoms with van der Waals surface area (Å²) >= 11 is 3.62. The van der Waals surface area contributed by atoms with E-state index >= 15 is 0 Å². The van der Waals surface area contributed by atoms with Crippen LogP contribution in [-0.2, 0) is 0 Å². The van der Waals surface area contributed by atoms with Gasteiger partial charge in [-0.05, 0) is 54.1 Å². The van der Waals surface area contributed by atoms with Gasteiger partial charge in [0.1, 0.15) is 0 Å². The maximum Gasteiger partial charge on any atom is 0.164 e. The van der Waals surface area contributed by atoms with Crippen LogP contribution in [0.15, 0.2) is 182 Å². The van der Waals surface area contributed by atoms with Gasteiger partial charge in [-0.25, -0.2) is 15.0 Å². The van der Waals surface area contributed by atoms with Crippen LogP contribution in [0.25, 0.3) is 113 Å². The summed E-state index contributed by atoms with van der Waals surface area (Å²) in [7, 11) is 0. The summed E-state index contributed by atoms with van der Waals surface area (Å²) in [5.74, 6) is 2.00. The molecule has 6 heteroatoms. The number of benzene rings is 8. The number of aromatic nitrogens is 4. The van der Waals surface area contributed by atoms with Crippen molar-refractivity contribution >= 4 is 84.8 Å². The SMILES string of the molecule is c1ccc(-c2nc(-c3ccc4c(c3)sc3ccc(-c5cccc6c7ccccc7n(-c7ccccc7)c56)cc34)nc(-c3cccc4sc5ccccc5c34)n2)cc1. The fourth-order valence-corrected chi connectivity index (χ4v) is 10.7. The van der Waals surface area contributed by atoms with E-state index in [1.807, 2.05) is 29.5 Å². The molecule has 12 aromatic rings. The van der Waals surface area contributed by atoms with Gasteiger partial charge >= 0.3 is 0 Å². The van der Waals surface area contributed by atoms with E-state index in [0.29, 0.717) is 17.5 Å². The van der Waals surface area contributed by atoms with Gasteiger partial charge in [-0.15, -0.1) is 22.7 Å². The van der Waals surface area contributed by atoms with Gasteiger partial charge in [-0.3, -0.25) is 0 Å². The van der Waals surface area contributed by atoms with E-state index in [9.17, 15) is 0 Å². The number of thiophene rings is 2. The van der Waals surface area contributed by atoms with Crippen LogP contribution in [0.3, 0.4) is 0 Å². The molecule has 4 heterocycles. The third-order valence-corrected chi connectivity index (χ3v) is 13.3. The lowest BCUT2D eigenvalue weighted by Gasteiger charge is -2.12. The Labute approximate surface area is 335 Å². The zero-order chi connectivity index (χ0) is 37.5. The second kappa shape index (κ2) is 12.8. The van der Waals surface area contributed by atoms with E-state index in [2.05, 4.69) is 168 Å². The molecule has 0 saturated heterocycles. The molecule has 12 rings (SSSR count). The Kier molecular flexibility index (Phi) is 7.24. The Morgan fingerprint density at radius 1 is 0.351 bits per heavy atom. The number of nitrogens with zero attached hydrogens (tertiary/aromatic N) is 4. The molecule has 0 aliphatic heterocycles. The molecule has 0 aliphatic carbocycles. The van der Waals surface area contributed by atoms with Gasteiger partial charge in [0.15, 0.2) is 17.5 Å². The summed E-state index contributed by atoms with van der Waals surface area (Å²) in [6.07, 6.45) is 0. The molecule has 4 aromatic heterocycles. The molecule has 0 bridgehead atoms. The van der Waals surface area contributed by atoms with E-state index in [1.165, 1.54) is 73.3 Å². The maximum absolute atomic E-state index is 5.22. The molecule has 0 unspecified atom stereocenters. The topological polar surface area (TPSA) is 43.6 Å². The summed E-state index contributed by atoms with van der Waals surface area (Å²) < 4.78 is 7.34. The molecule has 0 amide bonds. The second-order valence-corrected chi connectivity index (χ2v) is 16.5. The van der Waals surface area contributed by atoms with Gasteiger partial charge in [-0.1, -0.05) is 133 Å². The number of para-hydroxylation sites is 3. The van der Waals surface area contributed by atoms with Crippen molar-refractivity contribution in [1.29, 1.82) is 0 Å². The largest absolute Gasteiger partial charge is 0.309 e. The van der Waals surface area contributed by atoms with Crippen molar-refractivity contribution in [1.82, 2.24) is 19.5 Å².